The topological polar surface area (TPSA) is 98.9 Å². The fourth-order valence-corrected chi connectivity index (χ4v) is 1.15. The molecule has 0 bridgehead atoms. The fourth-order valence-electron chi connectivity index (χ4n) is 1.15. The molecule has 112 valence electrons. The van der Waals surface area contributed by atoms with Crippen molar-refractivity contribution in [3.05, 3.63) is 29.8 Å². The summed E-state index contributed by atoms with van der Waals surface area (Å²) in [6, 6.07) is 6.45. The number of phenols is 1. The van der Waals surface area contributed by atoms with E-state index in [0.717, 1.165) is 5.56 Å². The predicted octanol–water partition coefficient (Wildman–Crippen LogP) is 1.99. The number of methoxy groups -OCH3 is 1. The lowest BCUT2D eigenvalue weighted by atomic mass is 10.1. The molecule has 0 aliphatic carbocycles. The van der Waals surface area contributed by atoms with Crippen molar-refractivity contribution < 1.29 is 24.2 Å². The van der Waals surface area contributed by atoms with E-state index in [2.05, 4.69) is 9.47 Å². The average Bonchev–Trinajstić information content (AvgIpc) is 2.29. The summed E-state index contributed by atoms with van der Waals surface area (Å²) < 4.78 is 9.06. The first kappa shape index (κ1) is 17.8. The number of carbonyl (C=O) groups is 2. The standard InChI is InChI=1S/C9H10O3.C5H11NO2/c1-12-9(11)6-7-2-4-8(10)5-3-7;1-5(2,3)8-4(6)7/h2-5,10H,6H2,1H3;1-3H3,(H2,6,7). The first-order valence-corrected chi connectivity index (χ1v) is 5.97. The van der Waals surface area contributed by atoms with E-state index in [1.54, 1.807) is 32.9 Å². The second kappa shape index (κ2) is 8.04. The molecule has 1 aromatic carbocycles. The number of esters is 1. The SMILES string of the molecule is CC(C)(C)OC(N)=O.COC(=O)Cc1ccc(O)cc1. The van der Waals surface area contributed by atoms with Gasteiger partial charge in [0, 0.05) is 0 Å². The van der Waals surface area contributed by atoms with Crippen LogP contribution in [0.15, 0.2) is 24.3 Å². The van der Waals surface area contributed by atoms with E-state index < -0.39 is 11.7 Å². The number of phenolic OH excluding ortho intramolecular Hbond substituents is 1. The molecule has 6 nitrogen and oxygen atoms in total. The number of ether oxygens (including phenoxy) is 2. The summed E-state index contributed by atoms with van der Waals surface area (Å²) in [6.45, 7) is 5.28. The van der Waals surface area contributed by atoms with Crippen molar-refractivity contribution in [2.45, 2.75) is 32.8 Å². The van der Waals surface area contributed by atoms with E-state index in [1.807, 2.05) is 0 Å². The van der Waals surface area contributed by atoms with Crippen molar-refractivity contribution in [2.75, 3.05) is 7.11 Å². The van der Waals surface area contributed by atoms with E-state index >= 15 is 0 Å². The highest BCUT2D eigenvalue weighted by Gasteiger charge is 2.12. The molecule has 1 aromatic rings. The van der Waals surface area contributed by atoms with E-state index in [1.165, 1.54) is 19.2 Å². The lowest BCUT2D eigenvalue weighted by Gasteiger charge is -2.16. The normalized spacial score (nSPS) is 10.0. The number of nitrogens with two attached hydrogens (primary N) is 1. The van der Waals surface area contributed by atoms with Gasteiger partial charge >= 0.3 is 12.1 Å². The summed E-state index contributed by atoms with van der Waals surface area (Å²) in [5.41, 5.74) is 5.10. The summed E-state index contributed by atoms with van der Waals surface area (Å²) in [6.07, 6.45) is -0.478. The third-order valence-electron chi connectivity index (χ3n) is 1.92. The van der Waals surface area contributed by atoms with Crippen LogP contribution in [-0.2, 0) is 20.7 Å². The fraction of sp³-hybridized carbons (Fsp3) is 0.429. The Balaban J connectivity index is 0.000000396. The number of primary amides is 1. The van der Waals surface area contributed by atoms with E-state index in [4.69, 9.17) is 10.8 Å². The van der Waals surface area contributed by atoms with Gasteiger partial charge in [0.2, 0.25) is 0 Å². The first-order chi connectivity index (χ1) is 9.14. The zero-order valence-corrected chi connectivity index (χ0v) is 12.2. The van der Waals surface area contributed by atoms with Crippen LogP contribution in [0.3, 0.4) is 0 Å². The Bertz CT molecular complexity index is 434. The molecule has 0 aliphatic heterocycles. The lowest BCUT2D eigenvalue weighted by molar-refractivity contribution is -0.139. The summed E-state index contributed by atoms with van der Waals surface area (Å²) in [5, 5.41) is 8.93. The molecule has 0 spiro atoms. The van der Waals surface area contributed by atoms with Gasteiger partial charge in [-0.15, -0.1) is 0 Å². The lowest BCUT2D eigenvalue weighted by Crippen LogP contribution is -2.27. The number of hydrogen-bond acceptors (Lipinski definition) is 5. The van der Waals surface area contributed by atoms with Crippen LogP contribution in [0, 0.1) is 0 Å². The molecular weight excluding hydrogens is 262 g/mol. The van der Waals surface area contributed by atoms with Crippen LogP contribution < -0.4 is 5.73 Å². The Hall–Kier alpha value is -2.24. The van der Waals surface area contributed by atoms with E-state index in [-0.39, 0.29) is 18.1 Å². The zero-order chi connectivity index (χ0) is 15.8. The van der Waals surface area contributed by atoms with Crippen LogP contribution >= 0.6 is 0 Å². The van der Waals surface area contributed by atoms with Crippen LogP contribution in [0.1, 0.15) is 26.3 Å². The van der Waals surface area contributed by atoms with Crippen molar-refractivity contribution in [3.63, 3.8) is 0 Å². The minimum Gasteiger partial charge on any atom is -0.508 e. The highest BCUT2D eigenvalue weighted by molar-refractivity contribution is 5.72. The van der Waals surface area contributed by atoms with E-state index in [9.17, 15) is 9.59 Å². The predicted molar refractivity (Wildman–Crippen MR) is 74.2 cm³/mol. The minimum absolute atomic E-state index is 0.198. The van der Waals surface area contributed by atoms with Gasteiger partial charge in [-0.25, -0.2) is 4.79 Å². The maximum atomic E-state index is 10.8. The number of benzene rings is 1. The van der Waals surface area contributed by atoms with Crippen molar-refractivity contribution in [2.24, 2.45) is 5.73 Å². The molecule has 1 amide bonds. The number of rotatable bonds is 2. The maximum Gasteiger partial charge on any atom is 0.405 e. The Labute approximate surface area is 118 Å². The van der Waals surface area contributed by atoms with Crippen molar-refractivity contribution in [3.8, 4) is 5.75 Å². The molecule has 0 unspecified atom stereocenters. The number of carbonyl (C=O) groups excluding carboxylic acids is 2. The van der Waals surface area contributed by atoms with Crippen LogP contribution in [0.4, 0.5) is 4.79 Å². The van der Waals surface area contributed by atoms with Gasteiger partial charge in [-0.1, -0.05) is 12.1 Å². The molecule has 0 aromatic heterocycles. The summed E-state index contributed by atoms with van der Waals surface area (Å²) in [5.74, 6) is -0.0793. The summed E-state index contributed by atoms with van der Waals surface area (Å²) >= 11 is 0. The van der Waals surface area contributed by atoms with Crippen LogP contribution in [0.5, 0.6) is 5.75 Å². The molecule has 3 N–H and O–H groups in total. The Morgan fingerprint density at radius 2 is 1.70 bits per heavy atom. The van der Waals surface area contributed by atoms with Gasteiger partial charge in [0.15, 0.2) is 0 Å². The molecule has 6 heteroatoms. The van der Waals surface area contributed by atoms with Crippen molar-refractivity contribution in [1.82, 2.24) is 0 Å². The molecule has 0 saturated carbocycles. The van der Waals surface area contributed by atoms with Gasteiger partial charge in [0.1, 0.15) is 11.4 Å². The first-order valence-electron chi connectivity index (χ1n) is 5.97. The van der Waals surface area contributed by atoms with Crippen molar-refractivity contribution >= 4 is 12.1 Å². The van der Waals surface area contributed by atoms with Crippen LogP contribution in [0.25, 0.3) is 0 Å². The van der Waals surface area contributed by atoms with Crippen LogP contribution in [0.2, 0.25) is 0 Å². The smallest absolute Gasteiger partial charge is 0.405 e. The Morgan fingerprint density at radius 3 is 2.00 bits per heavy atom. The molecule has 0 saturated heterocycles. The highest BCUT2D eigenvalue weighted by atomic mass is 16.6. The third-order valence-corrected chi connectivity index (χ3v) is 1.92. The molecule has 0 atom stereocenters. The van der Waals surface area contributed by atoms with Gasteiger partial charge in [0.05, 0.1) is 13.5 Å². The Morgan fingerprint density at radius 1 is 1.20 bits per heavy atom. The second-order valence-electron chi connectivity index (χ2n) is 4.95. The molecule has 0 heterocycles. The van der Waals surface area contributed by atoms with Crippen LogP contribution in [-0.4, -0.2) is 29.9 Å². The number of amides is 1. The summed E-state index contributed by atoms with van der Waals surface area (Å²) in [7, 11) is 1.35. The molecular formula is C14H21NO5. The molecule has 1 rings (SSSR count). The Kier molecular flexibility index (Phi) is 7.14. The average molecular weight is 283 g/mol. The van der Waals surface area contributed by atoms with Gasteiger partial charge < -0.3 is 20.3 Å². The van der Waals surface area contributed by atoms with Gasteiger partial charge in [-0.2, -0.15) is 0 Å². The van der Waals surface area contributed by atoms with Gasteiger partial charge in [-0.3, -0.25) is 4.79 Å². The van der Waals surface area contributed by atoms with E-state index in [0.29, 0.717) is 0 Å². The molecule has 0 fully saturated rings. The molecule has 20 heavy (non-hydrogen) atoms. The zero-order valence-electron chi connectivity index (χ0n) is 12.2. The second-order valence-corrected chi connectivity index (χ2v) is 4.95. The number of aromatic hydroxyl groups is 1. The number of hydrogen-bond donors (Lipinski definition) is 2. The quantitative estimate of drug-likeness (QED) is 0.809. The summed E-state index contributed by atoms with van der Waals surface area (Å²) in [4.78, 5) is 20.8. The van der Waals surface area contributed by atoms with Gasteiger partial charge in [-0.05, 0) is 38.5 Å². The monoisotopic (exact) mass is 283 g/mol. The van der Waals surface area contributed by atoms with Gasteiger partial charge in [0.25, 0.3) is 0 Å². The highest BCUT2D eigenvalue weighted by Crippen LogP contribution is 2.10. The maximum absolute atomic E-state index is 10.8. The molecule has 0 radical (unpaired) electrons. The third kappa shape index (κ3) is 9.76. The van der Waals surface area contributed by atoms with Crippen molar-refractivity contribution in [1.29, 1.82) is 0 Å². The largest absolute Gasteiger partial charge is 0.508 e. The minimum atomic E-state index is -0.725. The molecule has 0 aliphatic rings.